The Morgan fingerprint density at radius 2 is 1.66 bits per heavy atom. The lowest BCUT2D eigenvalue weighted by molar-refractivity contribution is -0.140. The molecule has 2 amide bonds. The van der Waals surface area contributed by atoms with E-state index in [0.29, 0.717) is 18.7 Å². The van der Waals surface area contributed by atoms with Gasteiger partial charge >= 0.3 is 0 Å². The van der Waals surface area contributed by atoms with E-state index in [1.807, 2.05) is 70.2 Å². The number of sulfonamides is 1. The number of anilines is 1. The first-order valence-corrected chi connectivity index (χ1v) is 14.0. The summed E-state index contributed by atoms with van der Waals surface area (Å²) in [7, 11) is -3.52. The molecule has 2 aromatic rings. The molecule has 0 unspecified atom stereocenters. The molecule has 0 bridgehead atoms. The summed E-state index contributed by atoms with van der Waals surface area (Å²) in [6, 6.07) is 14.4. The van der Waals surface area contributed by atoms with Gasteiger partial charge in [-0.15, -0.1) is 0 Å². The first-order chi connectivity index (χ1) is 16.4. The van der Waals surface area contributed by atoms with Crippen LogP contribution in [0.3, 0.4) is 0 Å². The van der Waals surface area contributed by atoms with E-state index in [0.717, 1.165) is 23.1 Å². The lowest BCUT2D eigenvalue weighted by Crippen LogP contribution is -2.49. The normalized spacial score (nSPS) is 13.1. The third kappa shape index (κ3) is 8.38. The molecule has 1 N–H and O–H groups in total. The average molecular weight is 502 g/mol. The van der Waals surface area contributed by atoms with Gasteiger partial charge in [0, 0.05) is 25.6 Å². The topological polar surface area (TPSA) is 86.8 Å². The Morgan fingerprint density at radius 1 is 1.00 bits per heavy atom. The minimum atomic E-state index is -3.52. The van der Waals surface area contributed by atoms with E-state index in [4.69, 9.17) is 0 Å². The molecular formula is C27H39N3O4S. The third-order valence-electron chi connectivity index (χ3n) is 6.29. The van der Waals surface area contributed by atoms with Gasteiger partial charge in [-0.2, -0.15) is 0 Å². The third-order valence-corrected chi connectivity index (χ3v) is 7.49. The molecule has 0 aliphatic rings. The fraction of sp³-hybridized carbons (Fsp3) is 0.481. The SMILES string of the molecule is CC[C@@H](C)NC(=O)[C@@H](C)N(Cc1ccccc1)C(=O)CCCN(c1ccc(C)c(C)c1)S(C)(=O)=O. The highest BCUT2D eigenvalue weighted by molar-refractivity contribution is 7.92. The number of rotatable bonds is 12. The fourth-order valence-corrected chi connectivity index (χ4v) is 4.67. The molecule has 0 aliphatic carbocycles. The van der Waals surface area contributed by atoms with Crippen LogP contribution in [0.1, 0.15) is 56.7 Å². The van der Waals surface area contributed by atoms with Crippen LogP contribution in [0.2, 0.25) is 0 Å². The summed E-state index contributed by atoms with van der Waals surface area (Å²) in [5, 5.41) is 2.96. The molecule has 0 saturated heterocycles. The van der Waals surface area contributed by atoms with Crippen molar-refractivity contribution in [2.24, 2.45) is 0 Å². The summed E-state index contributed by atoms with van der Waals surface area (Å²) in [5.74, 6) is -0.384. The largest absolute Gasteiger partial charge is 0.352 e. The molecule has 192 valence electrons. The Kier molecular flexibility index (Phi) is 10.3. The Labute approximate surface area is 210 Å². The molecule has 2 aromatic carbocycles. The first-order valence-electron chi connectivity index (χ1n) is 12.1. The van der Waals surface area contributed by atoms with Crippen LogP contribution >= 0.6 is 0 Å². The number of hydrogen-bond donors (Lipinski definition) is 1. The summed E-state index contributed by atoms with van der Waals surface area (Å²) in [4.78, 5) is 27.7. The molecule has 0 aliphatic heterocycles. The molecule has 0 spiro atoms. The smallest absolute Gasteiger partial charge is 0.242 e. The van der Waals surface area contributed by atoms with E-state index < -0.39 is 16.1 Å². The van der Waals surface area contributed by atoms with Gasteiger partial charge in [0.1, 0.15) is 6.04 Å². The monoisotopic (exact) mass is 501 g/mol. The van der Waals surface area contributed by atoms with Gasteiger partial charge in [-0.25, -0.2) is 8.42 Å². The molecule has 2 rings (SSSR count). The van der Waals surface area contributed by atoms with Crippen molar-refractivity contribution in [2.75, 3.05) is 17.1 Å². The molecule has 0 fully saturated rings. The summed E-state index contributed by atoms with van der Waals surface area (Å²) < 4.78 is 26.3. The van der Waals surface area contributed by atoms with Crippen molar-refractivity contribution in [2.45, 2.75) is 72.5 Å². The molecular weight excluding hydrogens is 462 g/mol. The summed E-state index contributed by atoms with van der Waals surface area (Å²) in [6.45, 7) is 10.1. The second kappa shape index (κ2) is 12.7. The van der Waals surface area contributed by atoms with E-state index in [-0.39, 0.29) is 30.8 Å². The maximum absolute atomic E-state index is 13.3. The highest BCUT2D eigenvalue weighted by Crippen LogP contribution is 2.22. The van der Waals surface area contributed by atoms with Gasteiger partial charge in [0.05, 0.1) is 11.9 Å². The zero-order valence-corrected chi connectivity index (χ0v) is 22.6. The van der Waals surface area contributed by atoms with Crippen LogP contribution in [0.5, 0.6) is 0 Å². The quantitative estimate of drug-likeness (QED) is 0.473. The van der Waals surface area contributed by atoms with E-state index in [2.05, 4.69) is 5.32 Å². The number of nitrogens with zero attached hydrogens (tertiary/aromatic N) is 2. The zero-order chi connectivity index (χ0) is 26.2. The zero-order valence-electron chi connectivity index (χ0n) is 21.7. The van der Waals surface area contributed by atoms with Crippen LogP contribution in [0.15, 0.2) is 48.5 Å². The van der Waals surface area contributed by atoms with Gasteiger partial charge in [-0.05, 0) is 69.4 Å². The molecule has 0 heterocycles. The van der Waals surface area contributed by atoms with Crippen molar-refractivity contribution >= 4 is 27.5 Å². The molecule has 8 heteroatoms. The lowest BCUT2D eigenvalue weighted by atomic mass is 10.1. The number of aryl methyl sites for hydroxylation is 2. The van der Waals surface area contributed by atoms with Gasteiger partial charge in [-0.1, -0.05) is 43.3 Å². The summed E-state index contributed by atoms with van der Waals surface area (Å²) in [5.41, 5.74) is 3.60. The standard InChI is InChI=1S/C27H39N3O4S/c1-7-22(4)28-27(32)23(5)29(19-24-12-9-8-10-13-24)26(31)14-11-17-30(35(6,33)34)25-16-15-20(2)21(3)18-25/h8-10,12-13,15-16,18,22-23H,7,11,14,17,19H2,1-6H3,(H,28,32)/t22-,23-/m1/s1. The van der Waals surface area contributed by atoms with Crippen LogP contribution < -0.4 is 9.62 Å². The van der Waals surface area contributed by atoms with Gasteiger partial charge in [0.2, 0.25) is 21.8 Å². The van der Waals surface area contributed by atoms with Crippen molar-refractivity contribution in [1.29, 1.82) is 0 Å². The van der Waals surface area contributed by atoms with Gasteiger partial charge in [-0.3, -0.25) is 13.9 Å². The van der Waals surface area contributed by atoms with Crippen molar-refractivity contribution in [3.8, 4) is 0 Å². The Balaban J connectivity index is 2.16. The predicted octanol–water partition coefficient (Wildman–Crippen LogP) is 4.18. The van der Waals surface area contributed by atoms with Crippen LogP contribution in [0.4, 0.5) is 5.69 Å². The Bertz CT molecular complexity index is 1100. The summed E-state index contributed by atoms with van der Waals surface area (Å²) in [6.07, 6.45) is 2.44. The molecule has 35 heavy (non-hydrogen) atoms. The second-order valence-corrected chi connectivity index (χ2v) is 11.1. The van der Waals surface area contributed by atoms with Crippen LogP contribution in [0, 0.1) is 13.8 Å². The van der Waals surface area contributed by atoms with Gasteiger partial charge in [0.25, 0.3) is 0 Å². The van der Waals surface area contributed by atoms with Crippen molar-refractivity contribution in [3.63, 3.8) is 0 Å². The number of hydrogen-bond acceptors (Lipinski definition) is 4. The summed E-state index contributed by atoms with van der Waals surface area (Å²) >= 11 is 0. The van der Waals surface area contributed by atoms with Crippen molar-refractivity contribution in [3.05, 3.63) is 65.2 Å². The number of benzene rings is 2. The van der Waals surface area contributed by atoms with E-state index in [9.17, 15) is 18.0 Å². The Hall–Kier alpha value is -2.87. The number of carbonyl (C=O) groups excluding carboxylic acids is 2. The molecule has 0 aromatic heterocycles. The average Bonchev–Trinajstić information content (AvgIpc) is 2.81. The van der Waals surface area contributed by atoms with E-state index >= 15 is 0 Å². The van der Waals surface area contributed by atoms with Crippen LogP contribution in [-0.2, 0) is 26.2 Å². The van der Waals surface area contributed by atoms with Gasteiger partial charge in [0.15, 0.2) is 0 Å². The highest BCUT2D eigenvalue weighted by atomic mass is 32.2. The van der Waals surface area contributed by atoms with Crippen LogP contribution in [0.25, 0.3) is 0 Å². The number of nitrogens with one attached hydrogen (secondary N) is 1. The van der Waals surface area contributed by atoms with Crippen molar-refractivity contribution in [1.82, 2.24) is 10.2 Å². The second-order valence-electron chi connectivity index (χ2n) is 9.21. The van der Waals surface area contributed by atoms with Gasteiger partial charge < -0.3 is 10.2 Å². The van der Waals surface area contributed by atoms with Crippen molar-refractivity contribution < 1.29 is 18.0 Å². The highest BCUT2D eigenvalue weighted by Gasteiger charge is 2.27. The maximum atomic E-state index is 13.3. The maximum Gasteiger partial charge on any atom is 0.242 e. The van der Waals surface area contributed by atoms with E-state index in [1.54, 1.807) is 17.9 Å². The first kappa shape index (κ1) is 28.4. The number of carbonyl (C=O) groups is 2. The molecule has 2 atom stereocenters. The van der Waals surface area contributed by atoms with Crippen LogP contribution in [-0.4, -0.2) is 50.0 Å². The molecule has 0 saturated carbocycles. The lowest BCUT2D eigenvalue weighted by Gasteiger charge is -2.30. The van der Waals surface area contributed by atoms with E-state index in [1.165, 1.54) is 10.6 Å². The molecule has 0 radical (unpaired) electrons. The molecule has 7 nitrogen and oxygen atoms in total. The number of amides is 2. The Morgan fingerprint density at radius 3 is 2.23 bits per heavy atom. The minimum Gasteiger partial charge on any atom is -0.352 e. The predicted molar refractivity (Wildman–Crippen MR) is 142 cm³/mol. The minimum absolute atomic E-state index is 0.0138. The fourth-order valence-electron chi connectivity index (χ4n) is 3.71.